The van der Waals surface area contributed by atoms with Gasteiger partial charge in [-0.25, -0.2) is 18.1 Å². The number of sulfonamides is 1. The summed E-state index contributed by atoms with van der Waals surface area (Å²) in [6, 6.07) is 8.15. The zero-order valence-electron chi connectivity index (χ0n) is 11.0. The quantitative estimate of drug-likeness (QED) is 0.683. The third-order valence-corrected chi connectivity index (χ3v) is 4.17. The van der Waals surface area contributed by atoms with Gasteiger partial charge in [0.25, 0.3) is 10.0 Å². The second-order valence-electron chi connectivity index (χ2n) is 4.37. The van der Waals surface area contributed by atoms with E-state index in [0.29, 0.717) is 26.3 Å². The van der Waals surface area contributed by atoms with Crippen LogP contribution in [0.5, 0.6) is 0 Å². The number of aliphatic hydroxyl groups excluding tert-OH is 1. The SMILES string of the molecule is O=S(=O)(NC1=NCN(CCCO)CN1)c1ccccc1. The Kier molecular flexibility index (Phi) is 4.94. The zero-order valence-corrected chi connectivity index (χ0v) is 11.8. The minimum absolute atomic E-state index is 0.133. The number of aliphatic hydroxyl groups is 1. The Morgan fingerprint density at radius 1 is 1.35 bits per heavy atom. The first-order chi connectivity index (χ1) is 9.62. The lowest BCUT2D eigenvalue weighted by Crippen LogP contribution is -2.50. The van der Waals surface area contributed by atoms with Crippen LogP contribution in [0.2, 0.25) is 0 Å². The first-order valence-electron chi connectivity index (χ1n) is 6.31. The number of benzene rings is 1. The van der Waals surface area contributed by atoms with Gasteiger partial charge in [0.05, 0.1) is 18.2 Å². The second kappa shape index (κ2) is 6.69. The number of rotatable bonds is 5. The molecule has 1 aliphatic rings. The molecule has 0 radical (unpaired) electrons. The first-order valence-corrected chi connectivity index (χ1v) is 7.79. The minimum Gasteiger partial charge on any atom is -0.396 e. The van der Waals surface area contributed by atoms with Gasteiger partial charge in [-0.05, 0) is 18.6 Å². The highest BCUT2D eigenvalue weighted by Crippen LogP contribution is 2.07. The summed E-state index contributed by atoms with van der Waals surface area (Å²) in [5.74, 6) is 0.245. The van der Waals surface area contributed by atoms with E-state index in [1.165, 1.54) is 12.1 Å². The molecule has 1 aromatic rings. The number of hydrogen-bond donors (Lipinski definition) is 3. The van der Waals surface area contributed by atoms with E-state index in [4.69, 9.17) is 5.11 Å². The van der Waals surface area contributed by atoms with Gasteiger partial charge in [-0.1, -0.05) is 18.2 Å². The monoisotopic (exact) mass is 298 g/mol. The van der Waals surface area contributed by atoms with E-state index >= 15 is 0 Å². The molecule has 20 heavy (non-hydrogen) atoms. The van der Waals surface area contributed by atoms with Crippen LogP contribution >= 0.6 is 0 Å². The Morgan fingerprint density at radius 3 is 2.70 bits per heavy atom. The predicted molar refractivity (Wildman–Crippen MR) is 75.5 cm³/mol. The van der Waals surface area contributed by atoms with Crippen LogP contribution in [0.4, 0.5) is 0 Å². The topological polar surface area (TPSA) is 94.0 Å². The minimum atomic E-state index is -3.60. The number of nitrogens with one attached hydrogen (secondary N) is 2. The van der Waals surface area contributed by atoms with Crippen LogP contribution in [-0.4, -0.2) is 50.9 Å². The van der Waals surface area contributed by atoms with Crippen molar-refractivity contribution in [2.75, 3.05) is 26.5 Å². The number of guanidine groups is 1. The Morgan fingerprint density at radius 2 is 2.10 bits per heavy atom. The van der Waals surface area contributed by atoms with Crippen molar-refractivity contribution in [1.82, 2.24) is 14.9 Å². The summed E-state index contributed by atoms with van der Waals surface area (Å²) >= 11 is 0. The van der Waals surface area contributed by atoms with Gasteiger partial charge in [-0.3, -0.25) is 4.90 Å². The van der Waals surface area contributed by atoms with Crippen LogP contribution < -0.4 is 10.0 Å². The molecule has 0 fully saturated rings. The van der Waals surface area contributed by atoms with Crippen molar-refractivity contribution < 1.29 is 13.5 Å². The first kappa shape index (κ1) is 14.8. The van der Waals surface area contributed by atoms with Crippen molar-refractivity contribution >= 4 is 16.0 Å². The molecule has 0 saturated carbocycles. The molecule has 2 rings (SSSR count). The maximum absolute atomic E-state index is 12.1. The molecular weight excluding hydrogens is 280 g/mol. The average Bonchev–Trinajstić information content (AvgIpc) is 2.47. The van der Waals surface area contributed by atoms with Crippen molar-refractivity contribution in [2.24, 2.45) is 4.99 Å². The summed E-state index contributed by atoms with van der Waals surface area (Å²) in [5, 5.41) is 11.7. The van der Waals surface area contributed by atoms with Gasteiger partial charge < -0.3 is 10.4 Å². The number of aliphatic imine (C=N–C) groups is 1. The fraction of sp³-hybridized carbons (Fsp3) is 0.417. The Balaban J connectivity index is 1.96. The maximum atomic E-state index is 12.1. The molecular formula is C12H18N4O3S. The molecule has 110 valence electrons. The molecule has 3 N–H and O–H groups in total. The van der Waals surface area contributed by atoms with Crippen LogP contribution in [-0.2, 0) is 10.0 Å². The van der Waals surface area contributed by atoms with Crippen LogP contribution in [0.1, 0.15) is 6.42 Å². The molecule has 0 saturated heterocycles. The average molecular weight is 298 g/mol. The summed E-state index contributed by atoms with van der Waals surface area (Å²) in [6.45, 7) is 1.75. The van der Waals surface area contributed by atoms with Crippen LogP contribution in [0.15, 0.2) is 40.2 Å². The molecule has 1 heterocycles. The lowest BCUT2D eigenvalue weighted by molar-refractivity contribution is 0.218. The third-order valence-electron chi connectivity index (χ3n) is 2.82. The summed E-state index contributed by atoms with van der Waals surface area (Å²) in [5.41, 5.74) is 0. The van der Waals surface area contributed by atoms with Crippen LogP contribution in [0, 0.1) is 0 Å². The molecule has 0 aromatic heterocycles. The van der Waals surface area contributed by atoms with E-state index in [1.54, 1.807) is 18.2 Å². The van der Waals surface area contributed by atoms with E-state index in [2.05, 4.69) is 15.0 Å². The Labute approximate surface area is 118 Å². The molecule has 0 amide bonds. The van der Waals surface area contributed by atoms with Crippen molar-refractivity contribution in [3.8, 4) is 0 Å². The molecule has 0 atom stereocenters. The zero-order chi connectivity index (χ0) is 14.4. The number of nitrogens with zero attached hydrogens (tertiary/aromatic N) is 2. The van der Waals surface area contributed by atoms with E-state index in [1.807, 2.05) is 4.90 Å². The lowest BCUT2D eigenvalue weighted by atomic mass is 10.4. The summed E-state index contributed by atoms with van der Waals surface area (Å²) < 4.78 is 26.6. The standard InChI is InChI=1S/C12H18N4O3S/c17-8-4-7-16-9-13-12(14-10-16)15-20(18,19)11-5-2-1-3-6-11/h1-3,5-6,17H,4,7-10H2,(H2,13,14,15). The molecule has 0 bridgehead atoms. The highest BCUT2D eigenvalue weighted by Gasteiger charge is 2.18. The van der Waals surface area contributed by atoms with Crippen molar-refractivity contribution in [3.63, 3.8) is 0 Å². The largest absolute Gasteiger partial charge is 0.396 e. The highest BCUT2D eigenvalue weighted by atomic mass is 32.2. The van der Waals surface area contributed by atoms with Crippen molar-refractivity contribution in [3.05, 3.63) is 30.3 Å². The van der Waals surface area contributed by atoms with Gasteiger partial charge in [-0.2, -0.15) is 0 Å². The van der Waals surface area contributed by atoms with Gasteiger partial charge in [-0.15, -0.1) is 0 Å². The van der Waals surface area contributed by atoms with Crippen LogP contribution in [0.3, 0.4) is 0 Å². The van der Waals surface area contributed by atoms with Crippen molar-refractivity contribution in [2.45, 2.75) is 11.3 Å². The molecule has 1 aromatic carbocycles. The Hall–Kier alpha value is -1.64. The van der Waals surface area contributed by atoms with Gasteiger partial charge in [0, 0.05) is 13.2 Å². The van der Waals surface area contributed by atoms with E-state index in [0.717, 1.165) is 0 Å². The molecule has 0 unspecified atom stereocenters. The maximum Gasteiger partial charge on any atom is 0.264 e. The third kappa shape index (κ3) is 3.92. The summed E-state index contributed by atoms with van der Waals surface area (Å²) in [7, 11) is -3.60. The second-order valence-corrected chi connectivity index (χ2v) is 6.06. The predicted octanol–water partition coefficient (Wildman–Crippen LogP) is -0.476. The normalized spacial score (nSPS) is 16.4. The van der Waals surface area contributed by atoms with Gasteiger partial charge in [0.15, 0.2) is 0 Å². The van der Waals surface area contributed by atoms with E-state index in [9.17, 15) is 8.42 Å². The summed E-state index contributed by atoms with van der Waals surface area (Å²) in [4.78, 5) is 6.30. The van der Waals surface area contributed by atoms with E-state index in [-0.39, 0.29) is 17.5 Å². The number of hydrogen-bond acceptors (Lipinski definition) is 6. The van der Waals surface area contributed by atoms with E-state index < -0.39 is 10.0 Å². The lowest BCUT2D eigenvalue weighted by Gasteiger charge is -2.26. The summed E-state index contributed by atoms with van der Waals surface area (Å²) in [6.07, 6.45) is 0.669. The molecule has 0 aliphatic carbocycles. The Bertz CT molecular complexity index is 559. The van der Waals surface area contributed by atoms with Gasteiger partial charge in [0.1, 0.15) is 0 Å². The smallest absolute Gasteiger partial charge is 0.264 e. The molecule has 7 nitrogen and oxygen atoms in total. The van der Waals surface area contributed by atoms with Gasteiger partial charge in [0.2, 0.25) is 5.96 Å². The van der Waals surface area contributed by atoms with Crippen molar-refractivity contribution in [1.29, 1.82) is 0 Å². The van der Waals surface area contributed by atoms with Crippen LogP contribution in [0.25, 0.3) is 0 Å². The fourth-order valence-corrected chi connectivity index (χ4v) is 2.79. The highest BCUT2D eigenvalue weighted by molar-refractivity contribution is 7.90. The molecule has 8 heteroatoms. The van der Waals surface area contributed by atoms with Gasteiger partial charge >= 0.3 is 0 Å². The molecule has 1 aliphatic heterocycles. The molecule has 0 spiro atoms. The fourth-order valence-electron chi connectivity index (χ4n) is 1.76.